The van der Waals surface area contributed by atoms with Crippen molar-refractivity contribution in [1.29, 1.82) is 0 Å². The molecule has 1 atom stereocenters. The third-order valence-electron chi connectivity index (χ3n) is 3.46. The molecule has 1 aromatic heterocycles. The third-order valence-corrected chi connectivity index (χ3v) is 5.18. The molecule has 0 bridgehead atoms. The zero-order valence-electron chi connectivity index (χ0n) is 12.0. The summed E-state index contributed by atoms with van der Waals surface area (Å²) in [5.41, 5.74) is 2.96. The van der Waals surface area contributed by atoms with Gasteiger partial charge in [0.1, 0.15) is 0 Å². The van der Waals surface area contributed by atoms with Gasteiger partial charge in [0, 0.05) is 20.8 Å². The van der Waals surface area contributed by atoms with Crippen LogP contribution in [0.4, 0.5) is 0 Å². The molecule has 0 spiro atoms. The summed E-state index contributed by atoms with van der Waals surface area (Å²) in [5, 5.41) is 2.14. The van der Waals surface area contributed by atoms with Crippen LogP contribution in [0.3, 0.4) is 0 Å². The molecule has 0 saturated carbocycles. The summed E-state index contributed by atoms with van der Waals surface area (Å²) in [7, 11) is 0. The zero-order valence-corrected chi connectivity index (χ0v) is 14.4. The summed E-state index contributed by atoms with van der Waals surface area (Å²) in [5.74, 6) is 5.65. The predicted molar refractivity (Wildman–Crippen MR) is 89.4 cm³/mol. The molecule has 4 heteroatoms. The molecule has 1 aromatic rings. The van der Waals surface area contributed by atoms with Crippen LogP contribution in [0.5, 0.6) is 0 Å². The summed E-state index contributed by atoms with van der Waals surface area (Å²) >= 11 is 5.30. The summed E-state index contributed by atoms with van der Waals surface area (Å²) in [4.78, 5) is 1.40. The van der Waals surface area contributed by atoms with Gasteiger partial charge in [-0.05, 0) is 34.8 Å². The van der Waals surface area contributed by atoms with Crippen LogP contribution in [-0.4, -0.2) is 6.04 Å². The summed E-state index contributed by atoms with van der Waals surface area (Å²) < 4.78 is 1.18. The first-order valence-electron chi connectivity index (χ1n) is 7.45. The molecule has 0 aromatic carbocycles. The van der Waals surface area contributed by atoms with Crippen LogP contribution >= 0.6 is 27.3 Å². The number of thiophene rings is 1. The first-order chi connectivity index (χ1) is 9.26. The maximum atomic E-state index is 5.65. The normalized spacial score (nSPS) is 12.8. The van der Waals surface area contributed by atoms with Crippen molar-refractivity contribution in [1.82, 2.24) is 5.43 Å². The highest BCUT2D eigenvalue weighted by atomic mass is 79.9. The molecule has 0 fully saturated rings. The Kier molecular flexibility index (Phi) is 9.78. The largest absolute Gasteiger partial charge is 0.271 e. The van der Waals surface area contributed by atoms with Crippen LogP contribution in [-0.2, 0) is 6.42 Å². The molecule has 3 N–H and O–H groups in total. The van der Waals surface area contributed by atoms with E-state index >= 15 is 0 Å². The van der Waals surface area contributed by atoms with E-state index < -0.39 is 0 Å². The maximum absolute atomic E-state index is 5.65. The summed E-state index contributed by atoms with van der Waals surface area (Å²) in [6.45, 7) is 2.26. The van der Waals surface area contributed by atoms with E-state index in [1.165, 1.54) is 60.7 Å². The minimum absolute atomic E-state index is 0.418. The Morgan fingerprint density at radius 1 is 1.21 bits per heavy atom. The number of rotatable bonds is 11. The molecule has 0 radical (unpaired) electrons. The lowest BCUT2D eigenvalue weighted by atomic mass is 10.0. The quantitative estimate of drug-likeness (QED) is 0.335. The van der Waals surface area contributed by atoms with Gasteiger partial charge in [0.05, 0.1) is 0 Å². The number of nitrogens with one attached hydrogen (secondary N) is 1. The molecule has 1 rings (SSSR count). The van der Waals surface area contributed by atoms with Crippen molar-refractivity contribution in [2.45, 2.75) is 70.8 Å². The van der Waals surface area contributed by atoms with Crippen LogP contribution in [0.2, 0.25) is 0 Å². The second-order valence-corrected chi connectivity index (χ2v) is 7.12. The van der Waals surface area contributed by atoms with E-state index in [4.69, 9.17) is 5.84 Å². The van der Waals surface area contributed by atoms with Crippen molar-refractivity contribution < 1.29 is 0 Å². The van der Waals surface area contributed by atoms with Crippen LogP contribution in [0, 0.1) is 0 Å². The van der Waals surface area contributed by atoms with Crippen molar-refractivity contribution in [3.63, 3.8) is 0 Å². The molecule has 110 valence electrons. The highest BCUT2D eigenvalue weighted by Gasteiger charge is 2.09. The molecule has 0 aliphatic rings. The fourth-order valence-electron chi connectivity index (χ4n) is 2.30. The first kappa shape index (κ1) is 17.2. The Morgan fingerprint density at radius 3 is 2.47 bits per heavy atom. The van der Waals surface area contributed by atoms with Gasteiger partial charge in [0.25, 0.3) is 0 Å². The van der Waals surface area contributed by atoms with Crippen molar-refractivity contribution in [2.24, 2.45) is 5.84 Å². The van der Waals surface area contributed by atoms with E-state index in [0.29, 0.717) is 6.04 Å². The standard InChI is InChI=1S/C15H27BrN2S/c1-2-3-4-5-6-7-8-9-14(18-17)11-15-10-13(16)12-19-15/h10,12,14,18H,2-9,11,17H2,1H3. The van der Waals surface area contributed by atoms with Gasteiger partial charge in [-0.25, -0.2) is 0 Å². The minimum Gasteiger partial charge on any atom is -0.271 e. The summed E-state index contributed by atoms with van der Waals surface area (Å²) in [6, 6.07) is 2.61. The van der Waals surface area contributed by atoms with Crippen molar-refractivity contribution in [3.8, 4) is 0 Å². The molecule has 1 unspecified atom stereocenters. The monoisotopic (exact) mass is 346 g/mol. The van der Waals surface area contributed by atoms with Crippen LogP contribution in [0.1, 0.15) is 63.2 Å². The lowest BCUT2D eigenvalue weighted by Crippen LogP contribution is -2.36. The highest BCUT2D eigenvalue weighted by molar-refractivity contribution is 9.10. The average Bonchev–Trinajstić information content (AvgIpc) is 2.81. The van der Waals surface area contributed by atoms with Gasteiger partial charge >= 0.3 is 0 Å². The fraction of sp³-hybridized carbons (Fsp3) is 0.733. The fourth-order valence-corrected chi connectivity index (χ4v) is 3.83. The predicted octanol–water partition coefficient (Wildman–Crippen LogP) is 5.03. The van der Waals surface area contributed by atoms with Crippen LogP contribution < -0.4 is 11.3 Å². The SMILES string of the molecule is CCCCCCCCCC(Cc1cc(Br)cs1)NN. The van der Waals surface area contributed by atoms with E-state index in [0.717, 1.165) is 6.42 Å². The Hall–Kier alpha value is 0.1000. The van der Waals surface area contributed by atoms with Gasteiger partial charge < -0.3 is 0 Å². The number of hydrogen-bond donors (Lipinski definition) is 2. The number of hydrogen-bond acceptors (Lipinski definition) is 3. The molecular formula is C15H27BrN2S. The van der Waals surface area contributed by atoms with E-state index in [-0.39, 0.29) is 0 Å². The highest BCUT2D eigenvalue weighted by Crippen LogP contribution is 2.22. The van der Waals surface area contributed by atoms with Gasteiger partial charge in [-0.2, -0.15) is 0 Å². The van der Waals surface area contributed by atoms with Crippen LogP contribution in [0.25, 0.3) is 0 Å². The zero-order chi connectivity index (χ0) is 13.9. The number of unbranched alkanes of at least 4 members (excludes halogenated alkanes) is 6. The van der Waals surface area contributed by atoms with E-state index in [2.05, 4.69) is 39.7 Å². The lowest BCUT2D eigenvalue weighted by molar-refractivity contribution is 0.460. The number of halogens is 1. The molecule has 2 nitrogen and oxygen atoms in total. The number of nitrogens with two attached hydrogens (primary N) is 1. The van der Waals surface area contributed by atoms with Gasteiger partial charge in [-0.1, -0.05) is 51.9 Å². The molecule has 0 aliphatic heterocycles. The van der Waals surface area contributed by atoms with Crippen LogP contribution in [0.15, 0.2) is 15.9 Å². The van der Waals surface area contributed by atoms with Gasteiger partial charge in [-0.15, -0.1) is 11.3 Å². The van der Waals surface area contributed by atoms with Gasteiger partial charge in [-0.3, -0.25) is 11.3 Å². The van der Waals surface area contributed by atoms with Crippen molar-refractivity contribution in [2.75, 3.05) is 0 Å². The third kappa shape index (κ3) is 8.08. The molecule has 0 saturated heterocycles. The number of hydrazine groups is 1. The van der Waals surface area contributed by atoms with Gasteiger partial charge in [0.15, 0.2) is 0 Å². The topological polar surface area (TPSA) is 38.0 Å². The second-order valence-electron chi connectivity index (χ2n) is 5.21. The smallest absolute Gasteiger partial charge is 0.0285 e. The van der Waals surface area contributed by atoms with E-state index in [1.54, 1.807) is 11.3 Å². The molecular weight excluding hydrogens is 320 g/mol. The van der Waals surface area contributed by atoms with Crippen molar-refractivity contribution >= 4 is 27.3 Å². The maximum Gasteiger partial charge on any atom is 0.0285 e. The molecule has 1 heterocycles. The first-order valence-corrected chi connectivity index (χ1v) is 9.12. The molecule has 0 aliphatic carbocycles. The minimum atomic E-state index is 0.418. The Bertz CT molecular complexity index is 328. The molecule has 19 heavy (non-hydrogen) atoms. The Balaban J connectivity index is 2.08. The average molecular weight is 347 g/mol. The van der Waals surface area contributed by atoms with Crippen molar-refractivity contribution in [3.05, 3.63) is 20.8 Å². The van der Waals surface area contributed by atoms with E-state index in [1.807, 2.05) is 0 Å². The molecule has 0 amide bonds. The second kappa shape index (κ2) is 10.8. The summed E-state index contributed by atoms with van der Waals surface area (Å²) in [6.07, 6.45) is 11.7. The van der Waals surface area contributed by atoms with Gasteiger partial charge in [0.2, 0.25) is 0 Å². The lowest BCUT2D eigenvalue weighted by Gasteiger charge is -2.14. The Morgan fingerprint density at radius 2 is 1.89 bits per heavy atom. The Labute approximate surface area is 130 Å². The van der Waals surface area contributed by atoms with E-state index in [9.17, 15) is 0 Å².